The minimum Gasteiger partial charge on any atom is -0.219 e. The van der Waals surface area contributed by atoms with Gasteiger partial charge in [-0.2, -0.15) is 0 Å². The second kappa shape index (κ2) is 6.93. The number of rotatable bonds is 2. The summed E-state index contributed by atoms with van der Waals surface area (Å²) in [5.74, 6) is 0. The smallest absolute Gasteiger partial charge is 0.206 e. The van der Waals surface area contributed by atoms with Crippen molar-refractivity contribution in [2.45, 2.75) is 9.79 Å². The first-order chi connectivity index (χ1) is 7.21. The lowest BCUT2D eigenvalue weighted by Crippen LogP contribution is -2.00. The van der Waals surface area contributed by atoms with Gasteiger partial charge in [0.1, 0.15) is 0 Å². The number of halogens is 2. The normalized spacial score (nSPS) is 9.88. The molecule has 0 heterocycles. The van der Waals surface area contributed by atoms with Crippen molar-refractivity contribution in [2.24, 2.45) is 0 Å². The number of hydrogen-bond acceptors (Lipinski definition) is 2. The fraction of sp³-hybridized carbons (Fsp3) is 0. The minimum atomic E-state index is -3.34. The van der Waals surface area contributed by atoms with Crippen LogP contribution in [0.15, 0.2) is 70.5 Å². The van der Waals surface area contributed by atoms with E-state index in [-0.39, 0.29) is 34.0 Å². The van der Waals surface area contributed by atoms with Gasteiger partial charge in [0.25, 0.3) is 0 Å². The Kier molecular flexibility index (Phi) is 6.67. The Morgan fingerprint density at radius 3 is 1.18 bits per heavy atom. The summed E-state index contributed by atoms with van der Waals surface area (Å²) >= 11 is 0. The Hall–Kier alpha value is -0.650. The molecule has 0 unspecified atom stereocenters. The molecule has 0 spiro atoms. The Labute approximate surface area is 122 Å². The van der Waals surface area contributed by atoms with E-state index in [1.54, 1.807) is 60.7 Å². The first kappa shape index (κ1) is 16.4. The average Bonchev–Trinajstić information content (AvgIpc) is 2.31. The molecular weight excluding hydrogens is 368 g/mol. The molecule has 17 heavy (non-hydrogen) atoms. The van der Waals surface area contributed by atoms with E-state index in [0.29, 0.717) is 9.79 Å². The SMILES string of the molecule is Br.Br.O=S(=O)(c1ccccc1)c1ccccc1. The Morgan fingerprint density at radius 2 is 0.882 bits per heavy atom. The molecule has 0 saturated carbocycles. The van der Waals surface area contributed by atoms with Crippen molar-refractivity contribution in [3.8, 4) is 0 Å². The van der Waals surface area contributed by atoms with E-state index >= 15 is 0 Å². The third-order valence-electron chi connectivity index (χ3n) is 2.11. The fourth-order valence-electron chi connectivity index (χ4n) is 1.34. The van der Waals surface area contributed by atoms with Gasteiger partial charge in [0.15, 0.2) is 0 Å². The summed E-state index contributed by atoms with van der Waals surface area (Å²) < 4.78 is 24.1. The molecule has 0 aliphatic rings. The van der Waals surface area contributed by atoms with Gasteiger partial charge in [-0.15, -0.1) is 34.0 Å². The van der Waals surface area contributed by atoms with Crippen molar-refractivity contribution in [1.29, 1.82) is 0 Å². The average molecular weight is 380 g/mol. The highest BCUT2D eigenvalue weighted by atomic mass is 79.9. The summed E-state index contributed by atoms with van der Waals surface area (Å²) in [6.45, 7) is 0. The molecule has 0 atom stereocenters. The summed E-state index contributed by atoms with van der Waals surface area (Å²) in [6.07, 6.45) is 0. The Morgan fingerprint density at radius 1 is 0.588 bits per heavy atom. The van der Waals surface area contributed by atoms with E-state index in [1.807, 2.05) is 0 Å². The fourth-order valence-corrected chi connectivity index (χ4v) is 2.64. The standard InChI is InChI=1S/C12H10O2S.2BrH/c13-15(14,11-7-3-1-4-8-11)12-9-5-2-6-10-12;;/h1-10H;2*1H. The molecule has 0 bridgehead atoms. The van der Waals surface area contributed by atoms with E-state index in [2.05, 4.69) is 0 Å². The van der Waals surface area contributed by atoms with Crippen molar-refractivity contribution in [3.63, 3.8) is 0 Å². The van der Waals surface area contributed by atoms with Gasteiger partial charge in [0, 0.05) is 0 Å². The van der Waals surface area contributed by atoms with Crippen LogP contribution in [0.25, 0.3) is 0 Å². The summed E-state index contributed by atoms with van der Waals surface area (Å²) in [6, 6.07) is 16.9. The highest BCUT2D eigenvalue weighted by molar-refractivity contribution is 8.93. The zero-order valence-corrected chi connectivity index (χ0v) is 13.1. The van der Waals surface area contributed by atoms with Gasteiger partial charge >= 0.3 is 0 Å². The van der Waals surface area contributed by atoms with E-state index in [4.69, 9.17) is 0 Å². The minimum absolute atomic E-state index is 0. The van der Waals surface area contributed by atoms with E-state index in [1.165, 1.54) is 0 Å². The van der Waals surface area contributed by atoms with Crippen LogP contribution in [0.1, 0.15) is 0 Å². The first-order valence-corrected chi connectivity index (χ1v) is 6.05. The van der Waals surface area contributed by atoms with Crippen LogP contribution in [0.2, 0.25) is 0 Å². The van der Waals surface area contributed by atoms with Crippen LogP contribution in [-0.4, -0.2) is 8.42 Å². The zero-order chi connectivity index (χ0) is 10.7. The monoisotopic (exact) mass is 378 g/mol. The molecular formula is C12H12Br2O2S. The maximum absolute atomic E-state index is 12.0. The van der Waals surface area contributed by atoms with Gasteiger partial charge in [-0.05, 0) is 24.3 Å². The predicted octanol–water partition coefficient (Wildman–Crippen LogP) is 3.68. The summed E-state index contributed by atoms with van der Waals surface area (Å²) in [7, 11) is -3.34. The molecule has 0 amide bonds. The topological polar surface area (TPSA) is 34.1 Å². The van der Waals surface area contributed by atoms with Crippen LogP contribution >= 0.6 is 34.0 Å². The second-order valence-electron chi connectivity index (χ2n) is 3.13. The largest absolute Gasteiger partial charge is 0.219 e. The number of benzene rings is 2. The van der Waals surface area contributed by atoms with Gasteiger partial charge in [0.05, 0.1) is 9.79 Å². The second-order valence-corrected chi connectivity index (χ2v) is 5.08. The highest BCUT2D eigenvalue weighted by Crippen LogP contribution is 2.19. The molecule has 0 N–H and O–H groups in total. The van der Waals surface area contributed by atoms with Crippen LogP contribution in [0, 0.1) is 0 Å². The molecule has 2 rings (SSSR count). The van der Waals surface area contributed by atoms with Crippen molar-refractivity contribution in [1.82, 2.24) is 0 Å². The molecule has 2 nitrogen and oxygen atoms in total. The van der Waals surface area contributed by atoms with Crippen LogP contribution in [0.5, 0.6) is 0 Å². The lowest BCUT2D eigenvalue weighted by atomic mass is 10.4. The number of hydrogen-bond donors (Lipinski definition) is 0. The van der Waals surface area contributed by atoms with E-state index in [9.17, 15) is 8.42 Å². The molecule has 0 radical (unpaired) electrons. The van der Waals surface area contributed by atoms with Crippen molar-refractivity contribution in [2.75, 3.05) is 0 Å². The molecule has 0 fully saturated rings. The van der Waals surface area contributed by atoms with Crippen LogP contribution in [0.3, 0.4) is 0 Å². The predicted molar refractivity (Wildman–Crippen MR) is 79.0 cm³/mol. The molecule has 0 aliphatic carbocycles. The number of sulfone groups is 1. The van der Waals surface area contributed by atoms with Crippen LogP contribution in [0.4, 0.5) is 0 Å². The van der Waals surface area contributed by atoms with Crippen LogP contribution < -0.4 is 0 Å². The lowest BCUT2D eigenvalue weighted by Gasteiger charge is -2.03. The molecule has 2 aromatic rings. The molecule has 0 saturated heterocycles. The van der Waals surface area contributed by atoms with Gasteiger partial charge in [0.2, 0.25) is 9.84 Å². The third kappa shape index (κ3) is 3.66. The van der Waals surface area contributed by atoms with E-state index in [0.717, 1.165) is 0 Å². The summed E-state index contributed by atoms with van der Waals surface area (Å²) in [4.78, 5) is 0.660. The van der Waals surface area contributed by atoms with Crippen LogP contribution in [-0.2, 0) is 9.84 Å². The van der Waals surface area contributed by atoms with Gasteiger partial charge in [-0.1, -0.05) is 36.4 Å². The molecule has 5 heteroatoms. The van der Waals surface area contributed by atoms with E-state index < -0.39 is 9.84 Å². The molecule has 92 valence electrons. The Bertz CT molecular complexity index is 494. The van der Waals surface area contributed by atoms with Crippen molar-refractivity contribution < 1.29 is 8.42 Å². The summed E-state index contributed by atoms with van der Waals surface area (Å²) in [5, 5.41) is 0. The maximum atomic E-state index is 12.0. The van der Waals surface area contributed by atoms with Gasteiger partial charge in [-0.25, -0.2) is 8.42 Å². The Balaban J connectivity index is 0.00000128. The van der Waals surface area contributed by atoms with Gasteiger partial charge in [-0.3, -0.25) is 0 Å². The molecule has 0 aliphatic heterocycles. The summed E-state index contributed by atoms with van der Waals surface area (Å²) in [5.41, 5.74) is 0. The van der Waals surface area contributed by atoms with Crippen molar-refractivity contribution >= 4 is 43.8 Å². The molecule has 2 aromatic carbocycles. The van der Waals surface area contributed by atoms with Crippen molar-refractivity contribution in [3.05, 3.63) is 60.7 Å². The third-order valence-corrected chi connectivity index (χ3v) is 3.89. The van der Waals surface area contributed by atoms with Gasteiger partial charge < -0.3 is 0 Å². The highest BCUT2D eigenvalue weighted by Gasteiger charge is 2.15. The molecule has 0 aromatic heterocycles. The quantitative estimate of drug-likeness (QED) is 0.797. The lowest BCUT2D eigenvalue weighted by molar-refractivity contribution is 0.596. The first-order valence-electron chi connectivity index (χ1n) is 4.56. The maximum Gasteiger partial charge on any atom is 0.206 e. The zero-order valence-electron chi connectivity index (χ0n) is 8.81.